The van der Waals surface area contributed by atoms with Gasteiger partial charge < -0.3 is 4.57 Å². The lowest BCUT2D eigenvalue weighted by Gasteiger charge is -2.12. The number of benzene rings is 8. The molecule has 4 heteroatoms. The van der Waals surface area contributed by atoms with E-state index in [1.807, 2.05) is 36.4 Å². The van der Waals surface area contributed by atoms with E-state index in [1.54, 1.807) is 0 Å². The van der Waals surface area contributed by atoms with Crippen molar-refractivity contribution in [2.24, 2.45) is 0 Å². The minimum atomic E-state index is 0.710. The van der Waals surface area contributed by atoms with Crippen LogP contribution in [0.5, 0.6) is 0 Å². The summed E-state index contributed by atoms with van der Waals surface area (Å²) in [6.07, 6.45) is 0. The fourth-order valence-electron chi connectivity index (χ4n) is 8.30. The van der Waals surface area contributed by atoms with Crippen LogP contribution >= 0.6 is 0 Å². The molecular weight excluding hydrogens is 693 g/mol. The van der Waals surface area contributed by atoms with Gasteiger partial charge >= 0.3 is 0 Å². The monoisotopic (exact) mass is 726 g/mol. The van der Waals surface area contributed by atoms with Crippen molar-refractivity contribution in [3.05, 3.63) is 206 Å². The topological polar surface area (TPSA) is 43.6 Å². The summed E-state index contributed by atoms with van der Waals surface area (Å²) in [4.78, 5) is 15.3. The van der Waals surface area contributed by atoms with Crippen LogP contribution in [0.3, 0.4) is 0 Å². The summed E-state index contributed by atoms with van der Waals surface area (Å²) in [6.45, 7) is 0. The number of aromatic nitrogens is 4. The van der Waals surface area contributed by atoms with E-state index in [-0.39, 0.29) is 0 Å². The highest BCUT2D eigenvalue weighted by atomic mass is 15.0. The molecule has 0 unspecified atom stereocenters. The fourth-order valence-corrected chi connectivity index (χ4v) is 8.30. The summed E-state index contributed by atoms with van der Waals surface area (Å²) in [7, 11) is 0. The maximum absolute atomic E-state index is 5.25. The number of hydrogen-bond acceptors (Lipinski definition) is 3. The van der Waals surface area contributed by atoms with Crippen LogP contribution in [0.2, 0.25) is 0 Å². The second-order valence-corrected chi connectivity index (χ2v) is 14.4. The van der Waals surface area contributed by atoms with E-state index in [4.69, 9.17) is 15.0 Å². The zero-order valence-electron chi connectivity index (χ0n) is 30.9. The maximum Gasteiger partial charge on any atom is 0.160 e. The minimum absolute atomic E-state index is 0.710. The van der Waals surface area contributed by atoms with Crippen molar-refractivity contribution >= 4 is 43.5 Å². The van der Waals surface area contributed by atoms with Gasteiger partial charge in [-0.1, -0.05) is 164 Å². The fraction of sp³-hybridized carbons (Fsp3) is 0. The van der Waals surface area contributed by atoms with Crippen LogP contribution in [0.25, 0.3) is 105 Å². The molecule has 0 N–H and O–H groups in total. The summed E-state index contributed by atoms with van der Waals surface area (Å²) in [6, 6.07) is 72.6. The van der Waals surface area contributed by atoms with Gasteiger partial charge in [0, 0.05) is 54.9 Å². The SMILES string of the molecule is c1ccc(-c2cc(-c3ccc(-c4ccc5c(c4)c4c6c(ccc4n5-c4ccccc4)c(-c4ccccc4)nc4ccccc46)cc3)nc(-c3ccccc3)n2)cc1. The lowest BCUT2D eigenvalue weighted by Crippen LogP contribution is -1.95. The lowest BCUT2D eigenvalue weighted by molar-refractivity contribution is 1.18. The van der Waals surface area contributed by atoms with Crippen molar-refractivity contribution in [2.75, 3.05) is 0 Å². The Kier molecular flexibility index (Phi) is 7.78. The van der Waals surface area contributed by atoms with Gasteiger partial charge in [-0.15, -0.1) is 0 Å². The van der Waals surface area contributed by atoms with E-state index in [0.717, 1.165) is 78.0 Å². The number of rotatable bonds is 6. The van der Waals surface area contributed by atoms with Gasteiger partial charge in [0.15, 0.2) is 5.82 Å². The van der Waals surface area contributed by atoms with Gasteiger partial charge in [0.25, 0.3) is 0 Å². The van der Waals surface area contributed by atoms with Crippen LogP contribution in [0, 0.1) is 0 Å². The van der Waals surface area contributed by atoms with E-state index in [1.165, 1.54) is 21.7 Å². The van der Waals surface area contributed by atoms with Crippen LogP contribution in [-0.2, 0) is 0 Å². The van der Waals surface area contributed by atoms with E-state index < -0.39 is 0 Å². The number of para-hydroxylation sites is 2. The van der Waals surface area contributed by atoms with E-state index in [0.29, 0.717) is 5.82 Å². The molecule has 0 radical (unpaired) electrons. The Bertz CT molecular complexity index is 3190. The molecule has 266 valence electrons. The average molecular weight is 727 g/mol. The zero-order valence-corrected chi connectivity index (χ0v) is 30.9. The highest BCUT2D eigenvalue weighted by molar-refractivity contribution is 6.29. The molecule has 0 bridgehead atoms. The molecule has 0 aliphatic heterocycles. The van der Waals surface area contributed by atoms with Crippen LogP contribution in [0.1, 0.15) is 0 Å². The first-order chi connectivity index (χ1) is 28.3. The van der Waals surface area contributed by atoms with Crippen molar-refractivity contribution in [1.29, 1.82) is 0 Å². The molecule has 11 aromatic rings. The number of nitrogens with zero attached hydrogens (tertiary/aromatic N) is 4. The summed E-state index contributed by atoms with van der Waals surface area (Å²) in [5.74, 6) is 0.710. The molecule has 0 saturated heterocycles. The first-order valence-corrected chi connectivity index (χ1v) is 19.3. The molecule has 0 aliphatic rings. The molecule has 11 rings (SSSR count). The van der Waals surface area contributed by atoms with Crippen LogP contribution < -0.4 is 0 Å². The molecule has 0 spiro atoms. The normalized spacial score (nSPS) is 11.5. The molecule has 0 atom stereocenters. The average Bonchev–Trinajstić information content (AvgIpc) is 3.63. The Morgan fingerprint density at radius 3 is 1.56 bits per heavy atom. The standard InChI is InChI=1S/C53H34N4/c1-5-15-36(16-6-1)46-34-47(56-53(55-46)39-19-9-3-10-20-39)37-27-25-35(26-28-37)40-29-31-48-44(33-40)51-49(57(48)41-21-11-4-12-22-41)32-30-43-50(51)42-23-13-14-24-45(42)54-52(43)38-17-7-2-8-18-38/h1-34H. The van der Waals surface area contributed by atoms with Gasteiger partial charge in [-0.25, -0.2) is 15.0 Å². The Hall–Kier alpha value is -7.69. The molecule has 0 fully saturated rings. The third-order valence-electron chi connectivity index (χ3n) is 11.0. The summed E-state index contributed by atoms with van der Waals surface area (Å²) < 4.78 is 2.40. The third kappa shape index (κ3) is 5.66. The zero-order chi connectivity index (χ0) is 37.7. The number of pyridine rings is 1. The number of fused-ring (bicyclic) bond motifs is 7. The largest absolute Gasteiger partial charge is 0.309 e. The lowest BCUT2D eigenvalue weighted by atomic mass is 9.95. The first-order valence-electron chi connectivity index (χ1n) is 19.3. The summed E-state index contributed by atoms with van der Waals surface area (Å²) >= 11 is 0. The van der Waals surface area contributed by atoms with Crippen LogP contribution in [0.15, 0.2) is 206 Å². The Morgan fingerprint density at radius 2 is 0.860 bits per heavy atom. The van der Waals surface area contributed by atoms with Gasteiger partial charge in [0.05, 0.1) is 33.6 Å². The van der Waals surface area contributed by atoms with E-state index >= 15 is 0 Å². The second-order valence-electron chi connectivity index (χ2n) is 14.4. The van der Waals surface area contributed by atoms with Crippen molar-refractivity contribution in [3.8, 4) is 62.0 Å². The van der Waals surface area contributed by atoms with Gasteiger partial charge in [0.2, 0.25) is 0 Å². The van der Waals surface area contributed by atoms with Crippen molar-refractivity contribution < 1.29 is 0 Å². The van der Waals surface area contributed by atoms with Crippen LogP contribution in [0.4, 0.5) is 0 Å². The summed E-state index contributed by atoms with van der Waals surface area (Å²) in [5.41, 5.74) is 13.7. The highest BCUT2D eigenvalue weighted by Crippen LogP contribution is 2.43. The van der Waals surface area contributed by atoms with Gasteiger partial charge in [-0.3, -0.25) is 0 Å². The molecular formula is C53H34N4. The quantitative estimate of drug-likeness (QED) is 0.160. The highest BCUT2D eigenvalue weighted by Gasteiger charge is 2.20. The predicted octanol–water partition coefficient (Wildman–Crippen LogP) is 13.6. The molecule has 4 nitrogen and oxygen atoms in total. The number of hydrogen-bond donors (Lipinski definition) is 0. The van der Waals surface area contributed by atoms with Crippen LogP contribution in [-0.4, -0.2) is 19.5 Å². The first kappa shape index (κ1) is 32.7. The van der Waals surface area contributed by atoms with Gasteiger partial charge in [0.1, 0.15) is 0 Å². The molecule has 3 aromatic heterocycles. The Morgan fingerprint density at radius 1 is 0.316 bits per heavy atom. The second kappa shape index (κ2) is 13.6. The van der Waals surface area contributed by atoms with Crippen molar-refractivity contribution in [3.63, 3.8) is 0 Å². The van der Waals surface area contributed by atoms with E-state index in [2.05, 4.69) is 174 Å². The Labute approximate surface area is 330 Å². The minimum Gasteiger partial charge on any atom is -0.309 e. The third-order valence-corrected chi connectivity index (χ3v) is 11.0. The summed E-state index contributed by atoms with van der Waals surface area (Å²) in [5, 5.41) is 5.94. The predicted molar refractivity (Wildman–Crippen MR) is 236 cm³/mol. The molecule has 57 heavy (non-hydrogen) atoms. The van der Waals surface area contributed by atoms with Gasteiger partial charge in [-0.2, -0.15) is 0 Å². The van der Waals surface area contributed by atoms with Crippen molar-refractivity contribution in [1.82, 2.24) is 19.5 Å². The molecule has 0 saturated carbocycles. The maximum atomic E-state index is 5.25. The smallest absolute Gasteiger partial charge is 0.160 e. The molecule has 0 amide bonds. The van der Waals surface area contributed by atoms with Crippen molar-refractivity contribution in [2.45, 2.75) is 0 Å². The van der Waals surface area contributed by atoms with E-state index in [9.17, 15) is 0 Å². The molecule has 8 aromatic carbocycles. The molecule has 3 heterocycles. The molecule has 0 aliphatic carbocycles. The van der Waals surface area contributed by atoms with Gasteiger partial charge in [-0.05, 0) is 53.6 Å². The Balaban J connectivity index is 1.11.